The summed E-state index contributed by atoms with van der Waals surface area (Å²) in [5.41, 5.74) is 10.1. The molecule has 4 heteroatoms. The zero-order valence-corrected chi connectivity index (χ0v) is 11.6. The summed E-state index contributed by atoms with van der Waals surface area (Å²) in [4.78, 5) is 4.65. The van der Waals surface area contributed by atoms with Crippen LogP contribution in [0.5, 0.6) is 0 Å². The highest BCUT2D eigenvalue weighted by Gasteiger charge is 2.05. The van der Waals surface area contributed by atoms with Gasteiger partial charge in [0.2, 0.25) is 0 Å². The minimum absolute atomic E-state index is 0.577. The molecule has 1 aromatic carbocycles. The van der Waals surface area contributed by atoms with Gasteiger partial charge in [-0.15, -0.1) is 0 Å². The largest absolute Gasteiger partial charge is 0.341 e. The molecule has 4 nitrogen and oxygen atoms in total. The van der Waals surface area contributed by atoms with Crippen molar-refractivity contribution in [1.82, 2.24) is 14.0 Å². The SMILES string of the molecule is NCc1ccc2c(ccn2Cc2cn3ccccc3n2)c1. The van der Waals surface area contributed by atoms with Gasteiger partial charge in [0.1, 0.15) is 5.65 Å². The monoisotopic (exact) mass is 276 g/mol. The molecule has 0 amide bonds. The lowest BCUT2D eigenvalue weighted by Gasteiger charge is -2.03. The molecule has 21 heavy (non-hydrogen) atoms. The van der Waals surface area contributed by atoms with E-state index in [0.717, 1.165) is 23.4 Å². The molecule has 0 bridgehead atoms. The van der Waals surface area contributed by atoms with Crippen molar-refractivity contribution in [3.05, 3.63) is 72.3 Å². The van der Waals surface area contributed by atoms with E-state index in [0.29, 0.717) is 6.54 Å². The lowest BCUT2D eigenvalue weighted by atomic mass is 10.1. The van der Waals surface area contributed by atoms with Crippen molar-refractivity contribution < 1.29 is 0 Å². The maximum Gasteiger partial charge on any atom is 0.137 e. The molecule has 0 aliphatic heterocycles. The van der Waals surface area contributed by atoms with Gasteiger partial charge in [0, 0.05) is 30.7 Å². The van der Waals surface area contributed by atoms with E-state index in [-0.39, 0.29) is 0 Å². The third kappa shape index (κ3) is 2.10. The van der Waals surface area contributed by atoms with Crippen LogP contribution in [0.3, 0.4) is 0 Å². The van der Waals surface area contributed by atoms with Crippen LogP contribution >= 0.6 is 0 Å². The molecule has 0 atom stereocenters. The van der Waals surface area contributed by atoms with E-state index in [2.05, 4.69) is 46.2 Å². The van der Waals surface area contributed by atoms with Crippen LogP contribution in [0.4, 0.5) is 0 Å². The first kappa shape index (κ1) is 12.2. The fraction of sp³-hybridized carbons (Fsp3) is 0.118. The average molecular weight is 276 g/mol. The van der Waals surface area contributed by atoms with Crippen LogP contribution in [0.2, 0.25) is 0 Å². The number of rotatable bonds is 3. The first-order valence-corrected chi connectivity index (χ1v) is 7.04. The molecular weight excluding hydrogens is 260 g/mol. The Bertz CT molecular complexity index is 884. The molecule has 0 radical (unpaired) electrons. The van der Waals surface area contributed by atoms with Gasteiger partial charge in [-0.1, -0.05) is 12.1 Å². The van der Waals surface area contributed by atoms with Crippen LogP contribution < -0.4 is 5.73 Å². The van der Waals surface area contributed by atoms with E-state index in [9.17, 15) is 0 Å². The molecule has 0 unspecified atom stereocenters. The molecule has 0 saturated carbocycles. The van der Waals surface area contributed by atoms with Crippen molar-refractivity contribution in [3.63, 3.8) is 0 Å². The van der Waals surface area contributed by atoms with E-state index in [1.165, 1.54) is 10.9 Å². The van der Waals surface area contributed by atoms with Gasteiger partial charge in [0.05, 0.1) is 12.2 Å². The second kappa shape index (κ2) is 4.75. The summed E-state index contributed by atoms with van der Waals surface area (Å²) in [7, 11) is 0. The maximum absolute atomic E-state index is 5.69. The molecule has 0 saturated heterocycles. The summed E-state index contributed by atoms with van der Waals surface area (Å²) in [5.74, 6) is 0. The Morgan fingerprint density at radius 2 is 2.00 bits per heavy atom. The lowest BCUT2D eigenvalue weighted by molar-refractivity contribution is 0.815. The van der Waals surface area contributed by atoms with E-state index in [1.54, 1.807) is 0 Å². The molecule has 0 aliphatic carbocycles. The molecule has 4 rings (SSSR count). The number of nitrogens with two attached hydrogens (primary N) is 1. The van der Waals surface area contributed by atoms with Crippen molar-refractivity contribution in [1.29, 1.82) is 0 Å². The van der Waals surface area contributed by atoms with Gasteiger partial charge < -0.3 is 14.7 Å². The Labute approximate surface area is 122 Å². The highest BCUT2D eigenvalue weighted by Crippen LogP contribution is 2.19. The second-order valence-electron chi connectivity index (χ2n) is 5.24. The van der Waals surface area contributed by atoms with Crippen molar-refractivity contribution in [2.45, 2.75) is 13.1 Å². The molecule has 4 aromatic rings. The zero-order chi connectivity index (χ0) is 14.2. The number of fused-ring (bicyclic) bond motifs is 2. The van der Waals surface area contributed by atoms with Crippen LogP contribution in [0.15, 0.2) is 61.1 Å². The van der Waals surface area contributed by atoms with Crippen LogP contribution in [0, 0.1) is 0 Å². The number of imidazole rings is 1. The van der Waals surface area contributed by atoms with Crippen LogP contribution in [0.1, 0.15) is 11.3 Å². The molecule has 3 heterocycles. The predicted octanol–water partition coefficient (Wildman–Crippen LogP) is 2.80. The number of benzene rings is 1. The van der Waals surface area contributed by atoms with E-state index >= 15 is 0 Å². The van der Waals surface area contributed by atoms with Gasteiger partial charge in [-0.25, -0.2) is 4.98 Å². The van der Waals surface area contributed by atoms with Crippen molar-refractivity contribution in [2.24, 2.45) is 5.73 Å². The first-order chi connectivity index (χ1) is 10.3. The zero-order valence-electron chi connectivity index (χ0n) is 11.6. The fourth-order valence-electron chi connectivity index (χ4n) is 2.75. The molecule has 0 aliphatic rings. The molecule has 104 valence electrons. The highest BCUT2D eigenvalue weighted by atomic mass is 15.0. The minimum atomic E-state index is 0.577. The van der Waals surface area contributed by atoms with Crippen LogP contribution in [0.25, 0.3) is 16.6 Å². The molecule has 0 spiro atoms. The summed E-state index contributed by atoms with van der Waals surface area (Å²) in [6, 6.07) is 14.5. The van der Waals surface area contributed by atoms with Crippen LogP contribution in [-0.4, -0.2) is 14.0 Å². The van der Waals surface area contributed by atoms with Crippen molar-refractivity contribution in [3.8, 4) is 0 Å². The van der Waals surface area contributed by atoms with Crippen LogP contribution in [-0.2, 0) is 13.1 Å². The van der Waals surface area contributed by atoms with Crippen molar-refractivity contribution >= 4 is 16.6 Å². The molecule has 0 fully saturated rings. The van der Waals surface area contributed by atoms with Gasteiger partial charge in [0.25, 0.3) is 0 Å². The Hall–Kier alpha value is -2.59. The first-order valence-electron chi connectivity index (χ1n) is 7.04. The molecular formula is C17H16N4. The number of hydrogen-bond acceptors (Lipinski definition) is 2. The summed E-state index contributed by atoms with van der Waals surface area (Å²) in [5, 5.41) is 1.22. The smallest absolute Gasteiger partial charge is 0.137 e. The lowest BCUT2D eigenvalue weighted by Crippen LogP contribution is -1.99. The van der Waals surface area contributed by atoms with Gasteiger partial charge in [-0.2, -0.15) is 0 Å². The summed E-state index contributed by atoms with van der Waals surface area (Å²) >= 11 is 0. The number of aromatic nitrogens is 3. The Morgan fingerprint density at radius 1 is 1.05 bits per heavy atom. The Kier molecular flexibility index (Phi) is 2.75. The maximum atomic E-state index is 5.69. The normalized spacial score (nSPS) is 11.5. The van der Waals surface area contributed by atoms with E-state index in [4.69, 9.17) is 5.73 Å². The Morgan fingerprint density at radius 3 is 2.86 bits per heavy atom. The topological polar surface area (TPSA) is 48.2 Å². The quantitative estimate of drug-likeness (QED) is 0.625. The van der Waals surface area contributed by atoms with E-state index < -0.39 is 0 Å². The van der Waals surface area contributed by atoms with Crippen molar-refractivity contribution in [2.75, 3.05) is 0 Å². The third-order valence-corrected chi connectivity index (χ3v) is 3.82. The van der Waals surface area contributed by atoms with E-state index in [1.807, 2.05) is 28.8 Å². The van der Waals surface area contributed by atoms with Gasteiger partial charge in [-0.05, 0) is 41.3 Å². The number of hydrogen-bond donors (Lipinski definition) is 1. The number of pyridine rings is 1. The second-order valence-corrected chi connectivity index (χ2v) is 5.24. The molecule has 3 aromatic heterocycles. The van der Waals surface area contributed by atoms with Gasteiger partial charge in [0.15, 0.2) is 0 Å². The molecule has 2 N–H and O–H groups in total. The standard InChI is InChI=1S/C17H16N4/c18-10-13-4-5-16-14(9-13)6-8-20(16)11-15-12-21-7-2-1-3-17(21)19-15/h1-9,12H,10-11,18H2. The highest BCUT2D eigenvalue weighted by molar-refractivity contribution is 5.81. The third-order valence-electron chi connectivity index (χ3n) is 3.82. The summed E-state index contributed by atoms with van der Waals surface area (Å²) < 4.78 is 4.27. The Balaban J connectivity index is 1.73. The summed E-state index contributed by atoms with van der Waals surface area (Å²) in [6.07, 6.45) is 6.21. The average Bonchev–Trinajstić information content (AvgIpc) is 3.10. The predicted molar refractivity (Wildman–Crippen MR) is 84.1 cm³/mol. The number of nitrogens with zero attached hydrogens (tertiary/aromatic N) is 3. The minimum Gasteiger partial charge on any atom is -0.341 e. The van der Waals surface area contributed by atoms with Gasteiger partial charge in [-0.3, -0.25) is 0 Å². The van der Waals surface area contributed by atoms with Gasteiger partial charge >= 0.3 is 0 Å². The summed E-state index contributed by atoms with van der Waals surface area (Å²) in [6.45, 7) is 1.35. The fourth-order valence-corrected chi connectivity index (χ4v) is 2.75.